The summed E-state index contributed by atoms with van der Waals surface area (Å²) in [7, 11) is 0. The normalized spacial score (nSPS) is 12.0. The first-order chi connectivity index (χ1) is 10.3. The van der Waals surface area contributed by atoms with Gasteiger partial charge in [-0.1, -0.05) is 30.3 Å². The second-order valence-electron chi connectivity index (χ2n) is 5.49. The zero-order chi connectivity index (χ0) is 14.0. The highest BCUT2D eigenvalue weighted by Gasteiger charge is 2.12. The molecule has 2 heterocycles. The molecular weight excluding hydrogens is 276 g/mol. The van der Waals surface area contributed by atoms with Crippen LogP contribution in [0.5, 0.6) is 0 Å². The molecular formula is C19H12OS. The summed E-state index contributed by atoms with van der Waals surface area (Å²) in [6.45, 7) is 2.15. The third-order valence-electron chi connectivity index (χ3n) is 4.20. The van der Waals surface area contributed by atoms with Crippen LogP contribution < -0.4 is 0 Å². The Bertz CT molecular complexity index is 1140. The van der Waals surface area contributed by atoms with Crippen molar-refractivity contribution in [3.8, 4) is 0 Å². The lowest BCUT2D eigenvalue weighted by Gasteiger charge is -1.95. The second-order valence-corrected chi connectivity index (χ2v) is 6.58. The third kappa shape index (κ3) is 1.45. The Hall–Kier alpha value is -2.32. The van der Waals surface area contributed by atoms with Crippen LogP contribution in [0, 0.1) is 6.92 Å². The number of rotatable bonds is 0. The Balaban J connectivity index is 2.05. The van der Waals surface area contributed by atoms with E-state index in [2.05, 4.69) is 61.5 Å². The van der Waals surface area contributed by atoms with Crippen molar-refractivity contribution < 1.29 is 4.42 Å². The molecule has 0 fully saturated rings. The van der Waals surface area contributed by atoms with Gasteiger partial charge in [0, 0.05) is 30.9 Å². The largest absolute Gasteiger partial charge is 0.456 e. The highest BCUT2D eigenvalue weighted by molar-refractivity contribution is 7.25. The van der Waals surface area contributed by atoms with Crippen LogP contribution in [0.1, 0.15) is 5.56 Å². The number of furan rings is 1. The van der Waals surface area contributed by atoms with Gasteiger partial charge >= 0.3 is 0 Å². The van der Waals surface area contributed by atoms with Crippen LogP contribution in [0.15, 0.2) is 59.0 Å². The summed E-state index contributed by atoms with van der Waals surface area (Å²) in [5.41, 5.74) is 3.23. The molecule has 0 saturated heterocycles. The van der Waals surface area contributed by atoms with E-state index in [0.29, 0.717) is 0 Å². The van der Waals surface area contributed by atoms with Crippen LogP contribution in [0.2, 0.25) is 0 Å². The minimum absolute atomic E-state index is 0.979. The molecule has 2 heteroatoms. The number of benzene rings is 3. The Morgan fingerprint density at radius 3 is 2.62 bits per heavy atom. The van der Waals surface area contributed by atoms with Gasteiger partial charge in [0.05, 0.1) is 0 Å². The average molecular weight is 288 g/mol. The van der Waals surface area contributed by atoms with Crippen LogP contribution >= 0.6 is 11.3 Å². The smallest absolute Gasteiger partial charge is 0.136 e. The summed E-state index contributed by atoms with van der Waals surface area (Å²) in [4.78, 5) is 0. The topological polar surface area (TPSA) is 13.1 Å². The van der Waals surface area contributed by atoms with Gasteiger partial charge in [0.25, 0.3) is 0 Å². The first kappa shape index (κ1) is 11.4. The minimum atomic E-state index is 0.979. The molecule has 0 atom stereocenters. The van der Waals surface area contributed by atoms with Gasteiger partial charge in [0.15, 0.2) is 0 Å². The van der Waals surface area contributed by atoms with E-state index < -0.39 is 0 Å². The minimum Gasteiger partial charge on any atom is -0.456 e. The van der Waals surface area contributed by atoms with Crippen molar-refractivity contribution in [1.29, 1.82) is 0 Å². The second kappa shape index (κ2) is 3.86. The quantitative estimate of drug-likeness (QED) is 0.327. The van der Waals surface area contributed by atoms with Crippen molar-refractivity contribution in [1.82, 2.24) is 0 Å². The maximum atomic E-state index is 6.06. The van der Waals surface area contributed by atoms with E-state index in [9.17, 15) is 0 Å². The molecule has 0 aliphatic rings. The lowest BCUT2D eigenvalue weighted by atomic mass is 10.1. The monoisotopic (exact) mass is 288 g/mol. The standard InChI is InChI=1S/C19H12OS/c1-11-5-4-7-15-19(11)14-10-18-13(9-16(14)20-15)12-6-2-3-8-17(12)21-18/h2-10H,1H3. The third-order valence-corrected chi connectivity index (χ3v) is 5.34. The lowest BCUT2D eigenvalue weighted by Crippen LogP contribution is -1.73. The number of thiophene rings is 1. The van der Waals surface area contributed by atoms with Gasteiger partial charge in [0.2, 0.25) is 0 Å². The molecule has 0 spiro atoms. The summed E-state index contributed by atoms with van der Waals surface area (Å²) in [6, 6.07) is 19.3. The fraction of sp³-hybridized carbons (Fsp3) is 0.0526. The van der Waals surface area contributed by atoms with Crippen LogP contribution in [-0.4, -0.2) is 0 Å². The Labute approximate surface area is 125 Å². The van der Waals surface area contributed by atoms with Gasteiger partial charge in [0.1, 0.15) is 11.2 Å². The molecule has 2 aromatic heterocycles. The van der Waals surface area contributed by atoms with Crippen LogP contribution in [-0.2, 0) is 0 Å². The van der Waals surface area contributed by atoms with Crippen LogP contribution in [0.3, 0.4) is 0 Å². The molecule has 0 unspecified atom stereocenters. The highest BCUT2D eigenvalue weighted by Crippen LogP contribution is 2.39. The Morgan fingerprint density at radius 2 is 1.67 bits per heavy atom. The van der Waals surface area contributed by atoms with E-state index in [4.69, 9.17) is 4.42 Å². The molecule has 0 bridgehead atoms. The summed E-state index contributed by atoms with van der Waals surface area (Å²) >= 11 is 1.85. The van der Waals surface area contributed by atoms with E-state index >= 15 is 0 Å². The van der Waals surface area contributed by atoms with Gasteiger partial charge < -0.3 is 4.42 Å². The average Bonchev–Trinajstić information content (AvgIpc) is 3.03. The molecule has 0 radical (unpaired) electrons. The Kier molecular flexibility index (Phi) is 2.09. The maximum absolute atomic E-state index is 6.06. The number of hydrogen-bond acceptors (Lipinski definition) is 2. The van der Waals surface area contributed by atoms with Crippen LogP contribution in [0.4, 0.5) is 0 Å². The SMILES string of the molecule is Cc1cccc2oc3cc4c(cc3c12)sc1ccccc14. The summed E-state index contributed by atoms with van der Waals surface area (Å²) < 4.78 is 8.73. The summed E-state index contributed by atoms with van der Waals surface area (Å²) in [5, 5.41) is 5.07. The van der Waals surface area contributed by atoms with Gasteiger partial charge in [-0.15, -0.1) is 11.3 Å². The molecule has 100 valence electrons. The van der Waals surface area contributed by atoms with E-state index in [1.54, 1.807) is 0 Å². The number of hydrogen-bond donors (Lipinski definition) is 0. The highest BCUT2D eigenvalue weighted by atomic mass is 32.1. The molecule has 21 heavy (non-hydrogen) atoms. The van der Waals surface area contributed by atoms with Crippen molar-refractivity contribution in [3.63, 3.8) is 0 Å². The zero-order valence-corrected chi connectivity index (χ0v) is 12.3. The first-order valence-electron chi connectivity index (χ1n) is 7.04. The molecule has 1 nitrogen and oxygen atoms in total. The van der Waals surface area contributed by atoms with E-state index in [-0.39, 0.29) is 0 Å². The van der Waals surface area contributed by atoms with Gasteiger partial charge in [-0.05, 0) is 36.8 Å². The predicted octanol–water partition coefficient (Wildman–Crippen LogP) is 6.26. The van der Waals surface area contributed by atoms with Gasteiger partial charge in [-0.2, -0.15) is 0 Å². The van der Waals surface area contributed by atoms with Gasteiger partial charge in [-0.3, -0.25) is 0 Å². The molecule has 5 aromatic rings. The molecule has 0 aliphatic heterocycles. The maximum Gasteiger partial charge on any atom is 0.136 e. The fourth-order valence-corrected chi connectivity index (χ4v) is 4.35. The van der Waals surface area contributed by atoms with Gasteiger partial charge in [-0.25, -0.2) is 0 Å². The molecule has 3 aromatic carbocycles. The lowest BCUT2D eigenvalue weighted by molar-refractivity contribution is 0.669. The first-order valence-corrected chi connectivity index (χ1v) is 7.86. The molecule has 5 rings (SSSR count). The van der Waals surface area contributed by atoms with Crippen molar-refractivity contribution >= 4 is 53.4 Å². The van der Waals surface area contributed by atoms with Crippen molar-refractivity contribution in [2.24, 2.45) is 0 Å². The number of aryl methyl sites for hydroxylation is 1. The van der Waals surface area contributed by atoms with E-state index in [1.807, 2.05) is 11.3 Å². The molecule has 0 amide bonds. The number of fused-ring (bicyclic) bond motifs is 6. The molecule has 0 N–H and O–H groups in total. The van der Waals surface area contributed by atoms with Crippen molar-refractivity contribution in [2.75, 3.05) is 0 Å². The molecule has 0 aliphatic carbocycles. The van der Waals surface area contributed by atoms with Crippen molar-refractivity contribution in [3.05, 3.63) is 60.2 Å². The van der Waals surface area contributed by atoms with E-state index in [1.165, 1.54) is 36.5 Å². The fourth-order valence-electron chi connectivity index (χ4n) is 3.22. The Morgan fingerprint density at radius 1 is 0.762 bits per heavy atom. The molecule has 0 saturated carbocycles. The summed E-state index contributed by atoms with van der Waals surface area (Å²) in [6.07, 6.45) is 0. The predicted molar refractivity (Wildman–Crippen MR) is 91.3 cm³/mol. The van der Waals surface area contributed by atoms with Crippen LogP contribution in [0.25, 0.3) is 42.1 Å². The van der Waals surface area contributed by atoms with Crippen molar-refractivity contribution in [2.45, 2.75) is 6.92 Å². The summed E-state index contributed by atoms with van der Waals surface area (Å²) in [5.74, 6) is 0. The zero-order valence-electron chi connectivity index (χ0n) is 11.5. The van der Waals surface area contributed by atoms with E-state index in [0.717, 1.165) is 11.2 Å².